The van der Waals surface area contributed by atoms with E-state index in [0.717, 1.165) is 5.92 Å². The molecule has 1 saturated carbocycles. The fraction of sp³-hybridized carbons (Fsp3) is 0.625. The van der Waals surface area contributed by atoms with Crippen LogP contribution in [0.1, 0.15) is 52.5 Å². The van der Waals surface area contributed by atoms with E-state index in [4.69, 9.17) is 0 Å². The molecule has 1 aromatic carbocycles. The Balaban J connectivity index is 2.26. The number of benzene rings is 1. The Bertz CT molecular complexity index is 342. The highest BCUT2D eigenvalue weighted by Gasteiger charge is 2.54. The van der Waals surface area contributed by atoms with Gasteiger partial charge in [0.25, 0.3) is 0 Å². The second-order valence-electron chi connectivity index (χ2n) is 6.43. The van der Waals surface area contributed by atoms with Crippen molar-refractivity contribution in [2.75, 3.05) is 0 Å². The molecule has 0 heterocycles. The van der Waals surface area contributed by atoms with Gasteiger partial charge in [-0.1, -0.05) is 58.0 Å². The Morgan fingerprint density at radius 2 is 1.69 bits per heavy atom. The fourth-order valence-corrected chi connectivity index (χ4v) is 3.45. The highest BCUT2D eigenvalue weighted by Crippen LogP contribution is 2.61. The Morgan fingerprint density at radius 3 is 2.12 bits per heavy atom. The molecular weight excluding hydrogens is 192 g/mol. The van der Waals surface area contributed by atoms with Gasteiger partial charge in [0.15, 0.2) is 0 Å². The molecule has 2 rings (SSSR count). The predicted octanol–water partition coefficient (Wildman–Crippen LogP) is 4.79. The van der Waals surface area contributed by atoms with Crippen molar-refractivity contribution in [3.05, 3.63) is 35.9 Å². The molecule has 0 saturated heterocycles. The van der Waals surface area contributed by atoms with Crippen LogP contribution in [0.15, 0.2) is 30.3 Å². The Kier molecular flexibility index (Phi) is 2.86. The summed E-state index contributed by atoms with van der Waals surface area (Å²) in [7, 11) is 0. The van der Waals surface area contributed by atoms with Gasteiger partial charge < -0.3 is 0 Å². The molecule has 0 atom stereocenters. The van der Waals surface area contributed by atoms with Crippen LogP contribution in [0.3, 0.4) is 0 Å². The lowest BCUT2D eigenvalue weighted by Crippen LogP contribution is -2.30. The standard InChI is InChI=1S/C16H24/c1-13(2)12-15(3,4)16(10-11-16)14-8-6-5-7-9-14/h5-9,13H,10-12H2,1-4H3. The van der Waals surface area contributed by atoms with Gasteiger partial charge >= 0.3 is 0 Å². The molecule has 0 heteroatoms. The van der Waals surface area contributed by atoms with Crippen LogP contribution in [-0.4, -0.2) is 0 Å². The van der Waals surface area contributed by atoms with Gasteiger partial charge in [-0.15, -0.1) is 0 Å². The molecule has 0 N–H and O–H groups in total. The van der Waals surface area contributed by atoms with Crippen molar-refractivity contribution in [2.24, 2.45) is 11.3 Å². The van der Waals surface area contributed by atoms with Crippen LogP contribution in [0.5, 0.6) is 0 Å². The van der Waals surface area contributed by atoms with Crippen LogP contribution >= 0.6 is 0 Å². The average molecular weight is 216 g/mol. The Labute approximate surface area is 100 Å². The summed E-state index contributed by atoms with van der Waals surface area (Å²) < 4.78 is 0. The summed E-state index contributed by atoms with van der Waals surface area (Å²) in [5.41, 5.74) is 2.46. The van der Waals surface area contributed by atoms with E-state index >= 15 is 0 Å². The largest absolute Gasteiger partial charge is 0.0628 e. The third-order valence-electron chi connectivity index (χ3n) is 4.29. The monoisotopic (exact) mass is 216 g/mol. The van der Waals surface area contributed by atoms with Gasteiger partial charge in [-0.2, -0.15) is 0 Å². The molecule has 1 aliphatic rings. The van der Waals surface area contributed by atoms with Crippen LogP contribution in [0.2, 0.25) is 0 Å². The second-order valence-corrected chi connectivity index (χ2v) is 6.43. The third kappa shape index (κ3) is 1.90. The zero-order valence-corrected chi connectivity index (χ0v) is 11.1. The summed E-state index contributed by atoms with van der Waals surface area (Å²) in [6.45, 7) is 9.58. The third-order valence-corrected chi connectivity index (χ3v) is 4.29. The van der Waals surface area contributed by atoms with E-state index in [0.29, 0.717) is 10.8 Å². The quantitative estimate of drug-likeness (QED) is 0.678. The van der Waals surface area contributed by atoms with Crippen LogP contribution in [0, 0.1) is 11.3 Å². The molecule has 0 aliphatic heterocycles. The van der Waals surface area contributed by atoms with Gasteiger partial charge in [-0.05, 0) is 36.2 Å². The van der Waals surface area contributed by atoms with Gasteiger partial charge in [0.1, 0.15) is 0 Å². The zero-order chi connectivity index (χ0) is 11.8. The summed E-state index contributed by atoms with van der Waals surface area (Å²) in [4.78, 5) is 0. The van der Waals surface area contributed by atoms with Crippen LogP contribution in [0.25, 0.3) is 0 Å². The Hall–Kier alpha value is -0.780. The first-order valence-electron chi connectivity index (χ1n) is 6.53. The van der Waals surface area contributed by atoms with Crippen LogP contribution in [0.4, 0.5) is 0 Å². The van der Waals surface area contributed by atoms with Gasteiger partial charge in [0.05, 0.1) is 0 Å². The molecule has 0 bridgehead atoms. The van der Waals surface area contributed by atoms with Gasteiger partial charge in [-0.3, -0.25) is 0 Å². The maximum Gasteiger partial charge on any atom is 0.000485 e. The Morgan fingerprint density at radius 1 is 1.12 bits per heavy atom. The predicted molar refractivity (Wildman–Crippen MR) is 70.6 cm³/mol. The SMILES string of the molecule is CC(C)CC(C)(C)C1(c2ccccc2)CC1. The summed E-state index contributed by atoms with van der Waals surface area (Å²) in [6.07, 6.45) is 4.06. The summed E-state index contributed by atoms with van der Waals surface area (Å²) in [5, 5.41) is 0. The van der Waals surface area contributed by atoms with Crippen LogP contribution < -0.4 is 0 Å². The lowest BCUT2D eigenvalue weighted by molar-refractivity contribution is 0.210. The molecule has 88 valence electrons. The number of hydrogen-bond donors (Lipinski definition) is 0. The van der Waals surface area contributed by atoms with E-state index in [1.807, 2.05) is 0 Å². The second kappa shape index (κ2) is 3.91. The van der Waals surface area contributed by atoms with Crippen molar-refractivity contribution in [2.45, 2.75) is 52.4 Å². The smallest absolute Gasteiger partial charge is 0.000485 e. The summed E-state index contributed by atoms with van der Waals surface area (Å²) in [5.74, 6) is 0.788. The first-order chi connectivity index (χ1) is 7.48. The molecule has 0 spiro atoms. The van der Waals surface area contributed by atoms with Crippen LogP contribution in [-0.2, 0) is 5.41 Å². The minimum Gasteiger partial charge on any atom is -0.0628 e. The molecule has 1 aliphatic carbocycles. The van der Waals surface area contributed by atoms with Gasteiger partial charge in [-0.25, -0.2) is 0 Å². The van der Waals surface area contributed by atoms with Crippen molar-refractivity contribution in [1.82, 2.24) is 0 Å². The first kappa shape index (κ1) is 11.7. The van der Waals surface area contributed by atoms with E-state index in [-0.39, 0.29) is 0 Å². The first-order valence-corrected chi connectivity index (χ1v) is 6.53. The fourth-order valence-electron chi connectivity index (χ4n) is 3.45. The highest BCUT2D eigenvalue weighted by molar-refractivity contribution is 5.34. The molecule has 0 amide bonds. The van der Waals surface area contributed by atoms with Gasteiger partial charge in [0, 0.05) is 5.41 Å². The molecule has 0 nitrogen and oxygen atoms in total. The minimum absolute atomic E-state index is 0.433. The van der Waals surface area contributed by atoms with Crippen molar-refractivity contribution < 1.29 is 0 Å². The molecule has 16 heavy (non-hydrogen) atoms. The maximum atomic E-state index is 2.45. The lowest BCUT2D eigenvalue weighted by Gasteiger charge is -2.37. The molecule has 0 aromatic heterocycles. The average Bonchev–Trinajstić information content (AvgIpc) is 2.98. The number of rotatable bonds is 4. The molecule has 0 radical (unpaired) electrons. The molecule has 1 fully saturated rings. The minimum atomic E-state index is 0.433. The zero-order valence-electron chi connectivity index (χ0n) is 11.1. The normalized spacial score (nSPS) is 18.8. The summed E-state index contributed by atoms with van der Waals surface area (Å²) in [6, 6.07) is 11.1. The van der Waals surface area contributed by atoms with E-state index in [2.05, 4.69) is 58.0 Å². The molecule has 1 aromatic rings. The van der Waals surface area contributed by atoms with Crippen molar-refractivity contribution in [3.8, 4) is 0 Å². The maximum absolute atomic E-state index is 2.45. The highest BCUT2D eigenvalue weighted by atomic mass is 14.6. The van der Waals surface area contributed by atoms with E-state index < -0.39 is 0 Å². The molecule has 0 unspecified atom stereocenters. The van der Waals surface area contributed by atoms with E-state index in [1.165, 1.54) is 19.3 Å². The topological polar surface area (TPSA) is 0 Å². The van der Waals surface area contributed by atoms with E-state index in [9.17, 15) is 0 Å². The van der Waals surface area contributed by atoms with Crippen molar-refractivity contribution in [1.29, 1.82) is 0 Å². The summed E-state index contributed by atoms with van der Waals surface area (Å²) >= 11 is 0. The number of hydrogen-bond acceptors (Lipinski definition) is 0. The lowest BCUT2D eigenvalue weighted by atomic mass is 9.67. The van der Waals surface area contributed by atoms with Crippen molar-refractivity contribution >= 4 is 0 Å². The van der Waals surface area contributed by atoms with E-state index in [1.54, 1.807) is 5.56 Å². The van der Waals surface area contributed by atoms with Crippen molar-refractivity contribution in [3.63, 3.8) is 0 Å². The van der Waals surface area contributed by atoms with Gasteiger partial charge in [0.2, 0.25) is 0 Å². The molecular formula is C16H24.